The van der Waals surface area contributed by atoms with Gasteiger partial charge in [0.2, 0.25) is 5.67 Å². The summed E-state index contributed by atoms with van der Waals surface area (Å²) >= 11 is 0. The summed E-state index contributed by atoms with van der Waals surface area (Å²) in [5, 5.41) is 13.2. The molecule has 7 heteroatoms. The van der Waals surface area contributed by atoms with Gasteiger partial charge >= 0.3 is 0 Å². The molecular weight excluding hydrogens is 347 g/mol. The molecule has 2 unspecified atom stereocenters. The zero-order chi connectivity index (χ0) is 17.0. The van der Waals surface area contributed by atoms with Gasteiger partial charge in [0, 0.05) is 19.5 Å². The number of amides is 1. The van der Waals surface area contributed by atoms with E-state index in [1.54, 1.807) is 12.1 Å². The minimum Gasteiger partial charge on any atom is -0.467 e. The number of aliphatic hydroxyl groups excluding tert-OH is 1. The highest BCUT2D eigenvalue weighted by Crippen LogP contribution is 2.25. The van der Waals surface area contributed by atoms with E-state index >= 15 is 0 Å². The Morgan fingerprint density at radius 2 is 2.08 bits per heavy atom. The third kappa shape index (κ3) is 4.60. The summed E-state index contributed by atoms with van der Waals surface area (Å²) < 4.78 is 20.1. The molecule has 1 aromatic carbocycles. The van der Waals surface area contributed by atoms with Crippen molar-refractivity contribution in [1.82, 2.24) is 10.2 Å². The van der Waals surface area contributed by atoms with Crippen molar-refractivity contribution in [2.75, 3.05) is 19.6 Å². The average Bonchev–Trinajstić information content (AvgIpc) is 3.27. The Kier molecular flexibility index (Phi) is 6.58. The number of furan rings is 1. The molecule has 1 amide bonds. The number of benzene rings is 1. The van der Waals surface area contributed by atoms with Crippen LogP contribution in [0.15, 0.2) is 53.1 Å². The normalized spacial score (nSPS) is 20.7. The Morgan fingerprint density at radius 3 is 2.68 bits per heavy atom. The first kappa shape index (κ1) is 19.4. The number of nitrogens with one attached hydrogen (secondary N) is 1. The largest absolute Gasteiger partial charge is 0.467 e. The molecule has 1 aliphatic heterocycles. The van der Waals surface area contributed by atoms with Crippen molar-refractivity contribution in [1.29, 1.82) is 0 Å². The molecule has 0 aliphatic carbocycles. The van der Waals surface area contributed by atoms with Crippen molar-refractivity contribution in [2.24, 2.45) is 0 Å². The number of carbonyl (C=O) groups is 1. The second-order valence-corrected chi connectivity index (χ2v) is 6.09. The van der Waals surface area contributed by atoms with Gasteiger partial charge in [-0.1, -0.05) is 30.3 Å². The molecule has 1 aliphatic rings. The Balaban J connectivity index is 0.00000225. The van der Waals surface area contributed by atoms with E-state index in [1.165, 1.54) is 11.2 Å². The maximum Gasteiger partial charge on any atom is 0.262 e. The number of carbonyl (C=O) groups excluding carboxylic acids is 1. The number of alkyl halides is 1. The predicted octanol–water partition coefficient (Wildman–Crippen LogP) is 2.47. The third-order valence-corrected chi connectivity index (χ3v) is 4.25. The number of halogens is 2. The van der Waals surface area contributed by atoms with Crippen LogP contribution in [0, 0.1) is 0 Å². The lowest BCUT2D eigenvalue weighted by molar-refractivity contribution is -0.145. The molecule has 1 fully saturated rings. The summed E-state index contributed by atoms with van der Waals surface area (Å²) in [6, 6.07) is 12.7. The first-order valence-corrected chi connectivity index (χ1v) is 8.03. The van der Waals surface area contributed by atoms with Gasteiger partial charge in [-0.25, -0.2) is 4.39 Å². The molecule has 3 rings (SSSR count). The molecule has 0 spiro atoms. The summed E-state index contributed by atoms with van der Waals surface area (Å²) in [4.78, 5) is 14.1. The van der Waals surface area contributed by atoms with Crippen LogP contribution >= 0.6 is 12.4 Å². The molecule has 1 aromatic heterocycles. The third-order valence-electron chi connectivity index (χ3n) is 4.25. The Hall–Kier alpha value is -1.89. The van der Waals surface area contributed by atoms with Gasteiger partial charge in [-0.15, -0.1) is 12.4 Å². The van der Waals surface area contributed by atoms with Crippen LogP contribution in [0.3, 0.4) is 0 Å². The standard InChI is InChI=1S/C18H21FN2O3.ClH/c19-18(8-9-20-13-18)17(23)21(11-14-5-2-1-3-6-14)12-15(22)16-7-4-10-24-16;/h1-7,10,15,20,22H,8-9,11-13H2;1H. The van der Waals surface area contributed by atoms with Gasteiger partial charge in [0.05, 0.1) is 12.8 Å². The molecule has 0 bridgehead atoms. The van der Waals surface area contributed by atoms with Crippen molar-refractivity contribution < 1.29 is 18.7 Å². The fraction of sp³-hybridized carbons (Fsp3) is 0.389. The molecule has 2 N–H and O–H groups in total. The number of hydrogen-bond acceptors (Lipinski definition) is 4. The molecule has 136 valence electrons. The Bertz CT molecular complexity index is 660. The van der Waals surface area contributed by atoms with E-state index in [-0.39, 0.29) is 38.5 Å². The highest BCUT2D eigenvalue weighted by molar-refractivity contribution is 5.86. The zero-order valence-electron chi connectivity index (χ0n) is 13.7. The van der Waals surface area contributed by atoms with Crippen LogP contribution in [-0.4, -0.2) is 41.2 Å². The first-order chi connectivity index (χ1) is 11.6. The maximum atomic E-state index is 14.9. The van der Waals surface area contributed by atoms with Gasteiger partial charge in [-0.05, 0) is 24.2 Å². The summed E-state index contributed by atoms with van der Waals surface area (Å²) in [6.07, 6.45) is 0.610. The second-order valence-electron chi connectivity index (χ2n) is 6.09. The smallest absolute Gasteiger partial charge is 0.262 e. The van der Waals surface area contributed by atoms with E-state index in [9.17, 15) is 14.3 Å². The second kappa shape index (κ2) is 8.47. The number of nitrogens with zero attached hydrogens (tertiary/aromatic N) is 1. The van der Waals surface area contributed by atoms with E-state index in [0.29, 0.717) is 12.3 Å². The van der Waals surface area contributed by atoms with Crippen molar-refractivity contribution in [3.8, 4) is 0 Å². The van der Waals surface area contributed by atoms with E-state index in [4.69, 9.17) is 4.42 Å². The van der Waals surface area contributed by atoms with Crippen molar-refractivity contribution in [2.45, 2.75) is 24.7 Å². The van der Waals surface area contributed by atoms with E-state index in [0.717, 1.165) is 5.56 Å². The summed E-state index contributed by atoms with van der Waals surface area (Å²) in [5.41, 5.74) is -1.04. The average molecular weight is 369 g/mol. The molecule has 5 nitrogen and oxygen atoms in total. The van der Waals surface area contributed by atoms with Crippen LogP contribution in [0.25, 0.3) is 0 Å². The molecule has 25 heavy (non-hydrogen) atoms. The monoisotopic (exact) mass is 368 g/mol. The minimum absolute atomic E-state index is 0. The van der Waals surface area contributed by atoms with Gasteiger partial charge in [0.15, 0.2) is 0 Å². The summed E-state index contributed by atoms with van der Waals surface area (Å²) in [6.45, 7) is 0.701. The molecule has 0 saturated carbocycles. The van der Waals surface area contributed by atoms with E-state index in [1.807, 2.05) is 30.3 Å². The summed E-state index contributed by atoms with van der Waals surface area (Å²) in [5.74, 6) is -0.236. The van der Waals surface area contributed by atoms with Crippen LogP contribution in [0.2, 0.25) is 0 Å². The number of aliphatic hydroxyl groups is 1. The maximum absolute atomic E-state index is 14.9. The van der Waals surface area contributed by atoms with Crippen molar-refractivity contribution in [3.63, 3.8) is 0 Å². The summed E-state index contributed by atoms with van der Waals surface area (Å²) in [7, 11) is 0. The van der Waals surface area contributed by atoms with Crippen LogP contribution in [0.5, 0.6) is 0 Å². The number of hydrogen-bond donors (Lipinski definition) is 2. The van der Waals surface area contributed by atoms with Crippen LogP contribution in [0.4, 0.5) is 4.39 Å². The van der Waals surface area contributed by atoms with Crippen molar-refractivity contribution in [3.05, 3.63) is 60.1 Å². The van der Waals surface area contributed by atoms with Gasteiger partial charge in [-0.2, -0.15) is 0 Å². The zero-order valence-corrected chi connectivity index (χ0v) is 14.5. The van der Waals surface area contributed by atoms with Gasteiger partial charge in [0.1, 0.15) is 11.9 Å². The SMILES string of the molecule is Cl.O=C(N(Cc1ccccc1)CC(O)c1ccco1)C1(F)CCNC1. The first-order valence-electron chi connectivity index (χ1n) is 8.03. The topological polar surface area (TPSA) is 65.7 Å². The fourth-order valence-electron chi connectivity index (χ4n) is 2.93. The van der Waals surface area contributed by atoms with Gasteiger partial charge in [0.25, 0.3) is 5.91 Å². The highest BCUT2D eigenvalue weighted by atomic mass is 35.5. The molecule has 2 heterocycles. The van der Waals surface area contributed by atoms with E-state index < -0.39 is 17.7 Å². The lowest BCUT2D eigenvalue weighted by Gasteiger charge is -2.30. The molecule has 2 aromatic rings. The van der Waals surface area contributed by atoms with E-state index in [2.05, 4.69) is 5.32 Å². The van der Waals surface area contributed by atoms with Gasteiger partial charge in [-0.3, -0.25) is 4.79 Å². The predicted molar refractivity (Wildman–Crippen MR) is 94.1 cm³/mol. The van der Waals surface area contributed by atoms with Crippen LogP contribution in [0.1, 0.15) is 23.8 Å². The highest BCUT2D eigenvalue weighted by Gasteiger charge is 2.44. The van der Waals surface area contributed by atoms with Crippen LogP contribution in [-0.2, 0) is 11.3 Å². The lowest BCUT2D eigenvalue weighted by atomic mass is 10.0. The minimum atomic E-state index is -1.92. The Morgan fingerprint density at radius 1 is 1.32 bits per heavy atom. The lowest BCUT2D eigenvalue weighted by Crippen LogP contribution is -2.48. The van der Waals surface area contributed by atoms with Gasteiger partial charge < -0.3 is 19.7 Å². The Labute approximate surface area is 152 Å². The van der Waals surface area contributed by atoms with Crippen molar-refractivity contribution >= 4 is 18.3 Å². The fourth-order valence-corrected chi connectivity index (χ4v) is 2.93. The molecule has 2 atom stereocenters. The molecule has 1 saturated heterocycles. The molecule has 0 radical (unpaired) electrons. The van der Waals surface area contributed by atoms with Crippen LogP contribution < -0.4 is 5.32 Å². The number of rotatable bonds is 6. The molecular formula is C18H22ClFN2O3. The quantitative estimate of drug-likeness (QED) is 0.822.